The fourth-order valence-electron chi connectivity index (χ4n) is 1.95. The van der Waals surface area contributed by atoms with E-state index >= 15 is 0 Å². The molecule has 5 heteroatoms. The van der Waals surface area contributed by atoms with Crippen LogP contribution in [0.5, 0.6) is 0 Å². The van der Waals surface area contributed by atoms with E-state index < -0.39 is 0 Å². The third-order valence-electron chi connectivity index (χ3n) is 2.83. The molecule has 0 aliphatic rings. The summed E-state index contributed by atoms with van der Waals surface area (Å²) in [5.74, 6) is -0.300. The van der Waals surface area contributed by atoms with Crippen LogP contribution in [0.15, 0.2) is 45.3 Å². The van der Waals surface area contributed by atoms with Gasteiger partial charge in [0.2, 0.25) is 0 Å². The van der Waals surface area contributed by atoms with Crippen molar-refractivity contribution in [2.24, 2.45) is 0 Å². The average Bonchev–Trinajstić information content (AvgIpc) is 2.38. The topological polar surface area (TPSA) is 12.0 Å². The molecule has 2 rings (SSSR count). The Kier molecular flexibility index (Phi) is 5.01. The highest BCUT2D eigenvalue weighted by atomic mass is 79.9. The van der Waals surface area contributed by atoms with E-state index in [1.54, 1.807) is 6.07 Å². The Balaban J connectivity index is 2.55. The first-order valence-corrected chi connectivity index (χ1v) is 7.56. The Morgan fingerprint density at radius 1 is 1.11 bits per heavy atom. The van der Waals surface area contributed by atoms with Crippen LogP contribution < -0.4 is 5.32 Å². The second-order valence-corrected chi connectivity index (χ2v) is 6.23. The lowest BCUT2D eigenvalue weighted by Crippen LogP contribution is -2.18. The number of benzene rings is 2. The zero-order valence-electron chi connectivity index (χ0n) is 10.1. The van der Waals surface area contributed by atoms with Gasteiger partial charge in [-0.2, -0.15) is 0 Å². The van der Waals surface area contributed by atoms with Gasteiger partial charge in [-0.05, 0) is 54.6 Å². The predicted octanol–water partition coefficient (Wildman–Crippen LogP) is 5.31. The summed E-state index contributed by atoms with van der Waals surface area (Å²) in [5.41, 5.74) is 1.70. The second-order valence-electron chi connectivity index (χ2n) is 4.05. The summed E-state index contributed by atoms with van der Waals surface area (Å²) in [5, 5.41) is 3.70. The highest BCUT2D eigenvalue weighted by molar-refractivity contribution is 9.11. The van der Waals surface area contributed by atoms with Gasteiger partial charge >= 0.3 is 0 Å². The zero-order valence-corrected chi connectivity index (χ0v) is 14.0. The van der Waals surface area contributed by atoms with Crippen molar-refractivity contribution in [3.63, 3.8) is 0 Å². The van der Waals surface area contributed by atoms with Gasteiger partial charge < -0.3 is 5.32 Å². The predicted molar refractivity (Wildman–Crippen MR) is 84.2 cm³/mol. The molecule has 1 nitrogen and oxygen atoms in total. The monoisotopic (exact) mass is 405 g/mol. The third-order valence-corrected chi connectivity index (χ3v) is 4.39. The van der Waals surface area contributed by atoms with Crippen molar-refractivity contribution in [2.75, 3.05) is 7.05 Å². The zero-order chi connectivity index (χ0) is 14.0. The molecule has 0 spiro atoms. The molecule has 19 heavy (non-hydrogen) atoms. The number of hydrogen-bond acceptors (Lipinski definition) is 1. The van der Waals surface area contributed by atoms with Crippen LogP contribution in [0.1, 0.15) is 17.2 Å². The van der Waals surface area contributed by atoms with E-state index in [-0.39, 0.29) is 11.9 Å². The molecule has 0 heterocycles. The summed E-state index contributed by atoms with van der Waals surface area (Å²) in [4.78, 5) is 0. The van der Waals surface area contributed by atoms with Gasteiger partial charge in [0.1, 0.15) is 5.82 Å². The quantitative estimate of drug-likeness (QED) is 0.727. The molecule has 0 amide bonds. The molecular weight excluding hydrogens is 396 g/mol. The van der Waals surface area contributed by atoms with Crippen molar-refractivity contribution >= 4 is 43.5 Å². The smallest absolute Gasteiger partial charge is 0.123 e. The maximum atomic E-state index is 13.4. The van der Waals surface area contributed by atoms with Gasteiger partial charge in [-0.25, -0.2) is 4.39 Å². The van der Waals surface area contributed by atoms with Crippen molar-refractivity contribution in [3.8, 4) is 0 Å². The first kappa shape index (κ1) is 15.0. The molecule has 0 aliphatic heterocycles. The number of nitrogens with one attached hydrogen (secondary N) is 1. The molecule has 100 valence electrons. The SMILES string of the molecule is CNC(c1cc(F)ccc1Cl)c1cc(Br)ccc1Br. The summed E-state index contributed by atoms with van der Waals surface area (Å²) in [6.07, 6.45) is 0. The Bertz CT molecular complexity index is 552. The first-order valence-electron chi connectivity index (χ1n) is 5.60. The maximum absolute atomic E-state index is 13.4. The van der Waals surface area contributed by atoms with E-state index in [0.29, 0.717) is 10.6 Å². The third kappa shape index (κ3) is 3.37. The largest absolute Gasteiger partial charge is 0.309 e. The second kappa shape index (κ2) is 6.35. The normalized spacial score (nSPS) is 12.5. The highest BCUT2D eigenvalue weighted by Crippen LogP contribution is 2.34. The molecule has 1 unspecified atom stereocenters. The molecular formula is C14H11Br2ClFN. The van der Waals surface area contributed by atoms with Gasteiger partial charge in [0.15, 0.2) is 0 Å². The van der Waals surface area contributed by atoms with Crippen molar-refractivity contribution in [2.45, 2.75) is 6.04 Å². The number of halogens is 4. The molecule has 2 aromatic rings. The average molecular weight is 408 g/mol. The van der Waals surface area contributed by atoms with Gasteiger partial charge in [0.25, 0.3) is 0 Å². The van der Waals surface area contributed by atoms with Crippen molar-refractivity contribution in [3.05, 3.63) is 67.3 Å². The van der Waals surface area contributed by atoms with Crippen LogP contribution in [-0.2, 0) is 0 Å². The van der Waals surface area contributed by atoms with E-state index in [1.165, 1.54) is 12.1 Å². The lowest BCUT2D eigenvalue weighted by atomic mass is 9.99. The van der Waals surface area contributed by atoms with Crippen LogP contribution in [0, 0.1) is 5.82 Å². The lowest BCUT2D eigenvalue weighted by molar-refractivity contribution is 0.616. The van der Waals surface area contributed by atoms with Gasteiger partial charge in [0, 0.05) is 14.0 Å². The Morgan fingerprint density at radius 2 is 1.84 bits per heavy atom. The highest BCUT2D eigenvalue weighted by Gasteiger charge is 2.18. The van der Waals surface area contributed by atoms with Gasteiger partial charge in [-0.3, -0.25) is 0 Å². The fraction of sp³-hybridized carbons (Fsp3) is 0.143. The molecule has 0 aliphatic carbocycles. The molecule has 0 saturated heterocycles. The van der Waals surface area contributed by atoms with Crippen LogP contribution in [0.4, 0.5) is 4.39 Å². The van der Waals surface area contributed by atoms with E-state index in [4.69, 9.17) is 11.6 Å². The molecule has 1 N–H and O–H groups in total. The standard InChI is InChI=1S/C14H11Br2ClFN/c1-19-14(10-6-8(15)2-4-12(10)16)11-7-9(18)3-5-13(11)17/h2-7,14,19H,1H3. The Labute approximate surface area is 133 Å². The van der Waals surface area contributed by atoms with Gasteiger partial charge in [0.05, 0.1) is 6.04 Å². The van der Waals surface area contributed by atoms with Crippen molar-refractivity contribution in [1.82, 2.24) is 5.32 Å². The molecule has 2 aromatic carbocycles. The van der Waals surface area contributed by atoms with E-state index in [1.807, 2.05) is 25.2 Å². The minimum absolute atomic E-state index is 0.185. The molecule has 0 radical (unpaired) electrons. The summed E-state index contributed by atoms with van der Waals surface area (Å²) in [6, 6.07) is 10.1. The van der Waals surface area contributed by atoms with Crippen LogP contribution in [0.25, 0.3) is 0 Å². The molecule has 0 fully saturated rings. The van der Waals surface area contributed by atoms with Crippen molar-refractivity contribution in [1.29, 1.82) is 0 Å². The maximum Gasteiger partial charge on any atom is 0.123 e. The lowest BCUT2D eigenvalue weighted by Gasteiger charge is -2.20. The minimum Gasteiger partial charge on any atom is -0.309 e. The van der Waals surface area contributed by atoms with Gasteiger partial charge in [-0.1, -0.05) is 43.5 Å². The molecule has 0 saturated carbocycles. The number of hydrogen-bond donors (Lipinski definition) is 1. The van der Waals surface area contributed by atoms with E-state index in [0.717, 1.165) is 14.5 Å². The summed E-state index contributed by atoms with van der Waals surface area (Å²) in [6.45, 7) is 0. The Hall–Kier alpha value is -0.420. The van der Waals surface area contributed by atoms with E-state index in [9.17, 15) is 4.39 Å². The van der Waals surface area contributed by atoms with Crippen LogP contribution >= 0.6 is 43.5 Å². The van der Waals surface area contributed by atoms with Crippen LogP contribution in [-0.4, -0.2) is 7.05 Å². The summed E-state index contributed by atoms with van der Waals surface area (Å²) in [7, 11) is 1.82. The van der Waals surface area contributed by atoms with Gasteiger partial charge in [-0.15, -0.1) is 0 Å². The molecule has 1 atom stereocenters. The summed E-state index contributed by atoms with van der Waals surface area (Å²) >= 11 is 13.1. The molecule has 0 bridgehead atoms. The van der Waals surface area contributed by atoms with Crippen LogP contribution in [0.2, 0.25) is 5.02 Å². The Morgan fingerprint density at radius 3 is 2.53 bits per heavy atom. The molecule has 0 aromatic heterocycles. The van der Waals surface area contributed by atoms with Crippen molar-refractivity contribution < 1.29 is 4.39 Å². The fourth-order valence-corrected chi connectivity index (χ4v) is 3.03. The minimum atomic E-state index is -0.300. The first-order chi connectivity index (χ1) is 9.02. The number of rotatable bonds is 3. The van der Waals surface area contributed by atoms with Crippen LogP contribution in [0.3, 0.4) is 0 Å². The summed E-state index contributed by atoms with van der Waals surface area (Å²) < 4.78 is 15.3. The van der Waals surface area contributed by atoms with E-state index in [2.05, 4.69) is 37.2 Å².